The van der Waals surface area contributed by atoms with Gasteiger partial charge in [0.25, 0.3) is 0 Å². The summed E-state index contributed by atoms with van der Waals surface area (Å²) in [6.07, 6.45) is 9.60. The molecule has 4 aliphatic carbocycles. The first-order chi connectivity index (χ1) is 12.1. The minimum atomic E-state index is -0.244. The van der Waals surface area contributed by atoms with Gasteiger partial charge in [-0.05, 0) is 63.2 Å². The fraction of sp³-hybridized carbons (Fsp3) is 0.842. The van der Waals surface area contributed by atoms with E-state index < -0.39 is 0 Å². The van der Waals surface area contributed by atoms with Gasteiger partial charge in [0, 0.05) is 17.6 Å². The van der Waals surface area contributed by atoms with Gasteiger partial charge in [0.1, 0.15) is 12.3 Å². The van der Waals surface area contributed by atoms with Crippen LogP contribution in [-0.4, -0.2) is 53.8 Å². The topological polar surface area (TPSA) is 85.2 Å². The zero-order chi connectivity index (χ0) is 17.5. The Morgan fingerprint density at radius 1 is 1.20 bits per heavy atom. The predicted octanol–water partition coefficient (Wildman–Crippen LogP) is 0.970. The number of hydrogen-bond acceptors (Lipinski definition) is 5. The van der Waals surface area contributed by atoms with Crippen molar-refractivity contribution >= 4 is 12.2 Å². The lowest BCUT2D eigenvalue weighted by Crippen LogP contribution is -2.69. The van der Waals surface area contributed by atoms with Gasteiger partial charge in [-0.2, -0.15) is 5.26 Å². The van der Waals surface area contributed by atoms with Gasteiger partial charge in [-0.15, -0.1) is 0 Å². The third-order valence-electron chi connectivity index (χ3n) is 6.96. The Balaban J connectivity index is 1.42. The van der Waals surface area contributed by atoms with Crippen molar-refractivity contribution in [3.05, 3.63) is 0 Å². The number of aldehydes is 1. The first-order valence-corrected chi connectivity index (χ1v) is 9.70. The van der Waals surface area contributed by atoms with E-state index in [1.165, 1.54) is 6.42 Å². The van der Waals surface area contributed by atoms with E-state index in [0.29, 0.717) is 31.5 Å². The molecule has 2 unspecified atom stereocenters. The third-order valence-corrected chi connectivity index (χ3v) is 6.96. The second-order valence-electron chi connectivity index (χ2n) is 8.80. The van der Waals surface area contributed by atoms with Crippen LogP contribution >= 0.6 is 0 Å². The lowest BCUT2D eigenvalue weighted by molar-refractivity contribution is -0.131. The van der Waals surface area contributed by atoms with Crippen LogP contribution in [0.25, 0.3) is 0 Å². The largest absolute Gasteiger partial charge is 0.326 e. The van der Waals surface area contributed by atoms with Crippen LogP contribution in [0.5, 0.6) is 0 Å². The van der Waals surface area contributed by atoms with Crippen LogP contribution in [-0.2, 0) is 9.59 Å². The van der Waals surface area contributed by atoms with E-state index in [9.17, 15) is 14.9 Å². The predicted molar refractivity (Wildman–Crippen MR) is 92.6 cm³/mol. The number of nitriles is 1. The monoisotopic (exact) mass is 344 g/mol. The lowest BCUT2D eigenvalue weighted by atomic mass is 9.50. The first-order valence-electron chi connectivity index (χ1n) is 9.70. The van der Waals surface area contributed by atoms with Crippen LogP contribution in [0.4, 0.5) is 0 Å². The van der Waals surface area contributed by atoms with Crippen molar-refractivity contribution in [2.75, 3.05) is 19.6 Å². The van der Waals surface area contributed by atoms with Crippen LogP contribution in [0, 0.1) is 23.2 Å². The molecule has 5 rings (SSSR count). The van der Waals surface area contributed by atoms with Crippen molar-refractivity contribution in [2.45, 2.75) is 68.5 Å². The molecule has 1 aliphatic heterocycles. The highest BCUT2D eigenvalue weighted by atomic mass is 16.2. The minimum Gasteiger partial charge on any atom is -0.326 e. The quantitative estimate of drug-likeness (QED) is 0.702. The second kappa shape index (κ2) is 6.37. The number of hydrogen-bond donors (Lipinski definition) is 2. The molecule has 136 valence electrons. The molecule has 6 heteroatoms. The highest BCUT2D eigenvalue weighted by molar-refractivity contribution is 5.79. The van der Waals surface area contributed by atoms with Crippen molar-refractivity contribution in [1.29, 1.82) is 5.26 Å². The maximum atomic E-state index is 12.6. The molecule has 0 aromatic heterocycles. The van der Waals surface area contributed by atoms with E-state index in [4.69, 9.17) is 0 Å². The molecule has 0 spiro atoms. The molecular weight excluding hydrogens is 316 g/mol. The fourth-order valence-corrected chi connectivity index (χ4v) is 6.50. The summed E-state index contributed by atoms with van der Waals surface area (Å²) >= 11 is 0. The number of amides is 1. The van der Waals surface area contributed by atoms with Gasteiger partial charge in [-0.3, -0.25) is 4.79 Å². The van der Waals surface area contributed by atoms with Gasteiger partial charge in [0.15, 0.2) is 0 Å². The van der Waals surface area contributed by atoms with Crippen molar-refractivity contribution in [1.82, 2.24) is 15.5 Å². The summed E-state index contributed by atoms with van der Waals surface area (Å²) in [6, 6.07) is 2.01. The highest BCUT2D eigenvalue weighted by Gasteiger charge is 2.57. The van der Waals surface area contributed by atoms with E-state index in [-0.39, 0.29) is 23.0 Å². The summed E-state index contributed by atoms with van der Waals surface area (Å²) in [5, 5.41) is 16.3. The molecule has 25 heavy (non-hydrogen) atoms. The molecule has 4 saturated carbocycles. The summed E-state index contributed by atoms with van der Waals surface area (Å²) in [7, 11) is 0. The van der Waals surface area contributed by atoms with E-state index in [1.54, 1.807) is 4.90 Å². The molecule has 3 atom stereocenters. The Bertz CT molecular complexity index is 585. The van der Waals surface area contributed by atoms with E-state index in [0.717, 1.165) is 51.2 Å². The normalized spacial score (nSPS) is 41.7. The number of rotatable bonds is 6. The Hall–Kier alpha value is -1.45. The van der Waals surface area contributed by atoms with Crippen molar-refractivity contribution in [2.24, 2.45) is 11.8 Å². The second-order valence-corrected chi connectivity index (χ2v) is 8.80. The molecule has 1 amide bonds. The molecule has 1 heterocycles. The molecule has 6 nitrogen and oxygen atoms in total. The first kappa shape index (κ1) is 17.0. The minimum absolute atomic E-state index is 0.0253. The Labute approximate surface area is 149 Å². The van der Waals surface area contributed by atoms with Gasteiger partial charge in [-0.25, -0.2) is 0 Å². The van der Waals surface area contributed by atoms with Crippen LogP contribution < -0.4 is 10.6 Å². The molecule has 1 saturated heterocycles. The molecule has 0 aromatic rings. The van der Waals surface area contributed by atoms with E-state index in [2.05, 4.69) is 16.7 Å². The number of nitrogens with zero attached hydrogens (tertiary/aromatic N) is 2. The van der Waals surface area contributed by atoms with Gasteiger partial charge < -0.3 is 20.3 Å². The van der Waals surface area contributed by atoms with E-state index in [1.807, 2.05) is 0 Å². The van der Waals surface area contributed by atoms with Crippen molar-refractivity contribution in [3.8, 4) is 6.07 Å². The fourth-order valence-electron chi connectivity index (χ4n) is 6.50. The van der Waals surface area contributed by atoms with Gasteiger partial charge >= 0.3 is 0 Å². The number of nitrogens with one attached hydrogen (secondary N) is 2. The molecule has 2 N–H and O–H groups in total. The Kier molecular flexibility index (Phi) is 4.33. The van der Waals surface area contributed by atoms with Crippen molar-refractivity contribution in [3.63, 3.8) is 0 Å². The van der Waals surface area contributed by atoms with E-state index >= 15 is 0 Å². The molecule has 0 aromatic carbocycles. The molecule has 4 bridgehead atoms. The smallest absolute Gasteiger partial charge is 0.237 e. The summed E-state index contributed by atoms with van der Waals surface area (Å²) in [5.74, 6) is 1.46. The van der Waals surface area contributed by atoms with Gasteiger partial charge in [-0.1, -0.05) is 0 Å². The Morgan fingerprint density at radius 3 is 2.52 bits per heavy atom. The standard InChI is InChI=1S/C19H28N4O2/c20-11-16-2-1-4-23(16)17(25)12-22-19-9-14-6-15(10-19)8-18(7-14,13-19)21-3-5-24/h5,14-16,21-22H,1-4,6-10,12-13H2/t14?,15?,16-,18?,19?/m0/s1. The molecule has 5 fully saturated rings. The Morgan fingerprint density at radius 2 is 1.88 bits per heavy atom. The average Bonchev–Trinajstić information content (AvgIpc) is 3.05. The summed E-state index contributed by atoms with van der Waals surface area (Å²) in [4.78, 5) is 25.2. The maximum Gasteiger partial charge on any atom is 0.237 e. The summed E-state index contributed by atoms with van der Waals surface area (Å²) < 4.78 is 0. The average molecular weight is 344 g/mol. The zero-order valence-electron chi connectivity index (χ0n) is 14.8. The maximum absolute atomic E-state index is 12.6. The molecular formula is C19H28N4O2. The highest BCUT2D eigenvalue weighted by Crippen LogP contribution is 2.57. The van der Waals surface area contributed by atoms with Crippen LogP contribution in [0.3, 0.4) is 0 Å². The SMILES string of the molecule is N#C[C@@H]1CCCN1C(=O)CNC12CC3CC(CC(NCC=O)(C3)C1)C2. The third kappa shape index (κ3) is 3.09. The van der Waals surface area contributed by atoms with Crippen LogP contribution in [0.2, 0.25) is 0 Å². The number of likely N-dealkylation sites (tertiary alicyclic amines) is 1. The molecule has 0 radical (unpaired) electrons. The van der Waals surface area contributed by atoms with Crippen LogP contribution in [0.1, 0.15) is 51.4 Å². The lowest BCUT2D eigenvalue weighted by Gasteiger charge is -2.62. The van der Waals surface area contributed by atoms with Crippen LogP contribution in [0.15, 0.2) is 0 Å². The number of carbonyl (C=O) groups is 2. The zero-order valence-corrected chi connectivity index (χ0v) is 14.8. The van der Waals surface area contributed by atoms with Gasteiger partial charge in [0.2, 0.25) is 5.91 Å². The van der Waals surface area contributed by atoms with Gasteiger partial charge in [0.05, 0.1) is 19.2 Å². The number of carbonyl (C=O) groups excluding carboxylic acids is 2. The van der Waals surface area contributed by atoms with Crippen molar-refractivity contribution < 1.29 is 9.59 Å². The molecule has 5 aliphatic rings. The summed E-state index contributed by atoms with van der Waals surface area (Å²) in [5.41, 5.74) is 0.0986. The summed E-state index contributed by atoms with van der Waals surface area (Å²) in [6.45, 7) is 1.47.